The van der Waals surface area contributed by atoms with E-state index in [4.69, 9.17) is 5.73 Å². The third-order valence-corrected chi connectivity index (χ3v) is 6.64. The zero-order chi connectivity index (χ0) is 22.0. The molecule has 0 saturated carbocycles. The van der Waals surface area contributed by atoms with Crippen LogP contribution in [0, 0.1) is 5.92 Å². The van der Waals surface area contributed by atoms with Crippen LogP contribution in [0.1, 0.15) is 37.8 Å². The van der Waals surface area contributed by atoms with Crippen molar-refractivity contribution in [1.29, 1.82) is 0 Å². The zero-order valence-electron chi connectivity index (χ0n) is 19.0. The van der Waals surface area contributed by atoms with Crippen molar-refractivity contribution in [3.05, 3.63) is 35.4 Å². The first kappa shape index (κ1) is 21.6. The van der Waals surface area contributed by atoms with Gasteiger partial charge in [0.1, 0.15) is 5.82 Å². The molecule has 1 fully saturated rings. The van der Waals surface area contributed by atoms with Gasteiger partial charge in [-0.05, 0) is 36.6 Å². The Labute approximate surface area is 185 Å². The lowest BCUT2D eigenvalue weighted by Gasteiger charge is -2.33. The molecule has 2 aliphatic rings. The van der Waals surface area contributed by atoms with Gasteiger partial charge in [0, 0.05) is 57.3 Å². The summed E-state index contributed by atoms with van der Waals surface area (Å²) in [5.41, 5.74) is 10.5. The summed E-state index contributed by atoms with van der Waals surface area (Å²) in [4.78, 5) is 28.3. The molecule has 1 atom stereocenters. The number of fused-ring (bicyclic) bond motifs is 1. The summed E-state index contributed by atoms with van der Waals surface area (Å²) in [6, 6.07) is 8.51. The number of carbonyl (C=O) groups is 1. The van der Waals surface area contributed by atoms with E-state index in [1.54, 1.807) is 0 Å². The molecule has 4 rings (SSSR count). The Hall–Kier alpha value is -2.67. The third-order valence-electron chi connectivity index (χ3n) is 6.64. The van der Waals surface area contributed by atoms with Crippen molar-refractivity contribution >= 4 is 17.7 Å². The van der Waals surface area contributed by atoms with Crippen LogP contribution >= 0.6 is 0 Å². The summed E-state index contributed by atoms with van der Waals surface area (Å²) in [5.74, 6) is 1.87. The van der Waals surface area contributed by atoms with Gasteiger partial charge in [-0.15, -0.1) is 0 Å². The average Bonchev–Trinajstić information content (AvgIpc) is 2.78. The van der Waals surface area contributed by atoms with E-state index in [2.05, 4.69) is 58.9 Å². The molecule has 1 unspecified atom stereocenters. The Morgan fingerprint density at radius 3 is 2.61 bits per heavy atom. The largest absolute Gasteiger partial charge is 0.368 e. The summed E-state index contributed by atoms with van der Waals surface area (Å²) < 4.78 is 0. The van der Waals surface area contributed by atoms with Gasteiger partial charge >= 0.3 is 0 Å². The van der Waals surface area contributed by atoms with Crippen LogP contribution in [-0.4, -0.2) is 65.4 Å². The summed E-state index contributed by atoms with van der Waals surface area (Å²) >= 11 is 0. The molecule has 0 bridgehead atoms. The molecule has 0 spiro atoms. The minimum atomic E-state index is 0.258. The van der Waals surface area contributed by atoms with Gasteiger partial charge in [0.05, 0.1) is 5.69 Å². The molecule has 2 aromatic rings. The normalized spacial score (nSPS) is 18.0. The number of piperazine rings is 1. The van der Waals surface area contributed by atoms with Crippen LogP contribution < -0.4 is 10.6 Å². The highest BCUT2D eigenvalue weighted by Gasteiger charge is 2.23. The Kier molecular flexibility index (Phi) is 6.41. The van der Waals surface area contributed by atoms with Crippen molar-refractivity contribution in [1.82, 2.24) is 19.8 Å². The Morgan fingerprint density at radius 1 is 1.10 bits per heavy atom. The van der Waals surface area contributed by atoms with E-state index < -0.39 is 0 Å². The number of likely N-dealkylation sites (N-methyl/N-ethyl adjacent to an activating group) is 1. The molecular weight excluding hydrogens is 388 g/mol. The number of hydrogen-bond acceptors (Lipinski definition) is 6. The van der Waals surface area contributed by atoms with Crippen LogP contribution in [0.4, 0.5) is 11.8 Å². The fraction of sp³-hybridized carbons (Fsp3) is 0.542. The highest BCUT2D eigenvalue weighted by atomic mass is 16.2. The lowest BCUT2D eigenvalue weighted by atomic mass is 9.95. The topological polar surface area (TPSA) is 78.6 Å². The molecule has 1 saturated heterocycles. The lowest BCUT2D eigenvalue weighted by molar-refractivity contribution is -0.133. The summed E-state index contributed by atoms with van der Waals surface area (Å²) in [6.45, 7) is 9.65. The number of carbonyl (C=O) groups excluding carboxylic acids is 1. The second kappa shape index (κ2) is 9.22. The molecule has 1 aromatic heterocycles. The predicted molar refractivity (Wildman–Crippen MR) is 125 cm³/mol. The first-order valence-corrected chi connectivity index (χ1v) is 11.4. The first-order valence-electron chi connectivity index (χ1n) is 11.4. The standard InChI is InChI=1S/C24H34N6O/c1-4-17(2)13-23(31)30-8-7-18-5-6-19(14-20(18)16-30)21-15-22(27-24(25)26-21)29-11-9-28(3)10-12-29/h5-6,14-15,17H,4,7-13,16H2,1-3H3,(H2,25,26,27). The zero-order valence-corrected chi connectivity index (χ0v) is 19.0. The second-order valence-corrected chi connectivity index (χ2v) is 9.03. The lowest BCUT2D eigenvalue weighted by Crippen LogP contribution is -2.44. The maximum atomic E-state index is 12.7. The van der Waals surface area contributed by atoms with E-state index in [1.807, 2.05) is 11.0 Å². The van der Waals surface area contributed by atoms with Crippen LogP contribution in [-0.2, 0) is 17.8 Å². The fourth-order valence-electron chi connectivity index (χ4n) is 4.30. The van der Waals surface area contributed by atoms with E-state index in [0.717, 1.165) is 62.6 Å². The van der Waals surface area contributed by atoms with Crippen LogP contribution in [0.5, 0.6) is 0 Å². The maximum absolute atomic E-state index is 12.7. The number of nitrogen functional groups attached to an aromatic ring is 1. The summed E-state index contributed by atoms with van der Waals surface area (Å²) in [7, 11) is 2.14. The summed E-state index contributed by atoms with van der Waals surface area (Å²) in [5, 5.41) is 0. The van der Waals surface area contributed by atoms with E-state index >= 15 is 0 Å². The SMILES string of the molecule is CCC(C)CC(=O)N1CCc2ccc(-c3cc(N4CCN(C)CC4)nc(N)n3)cc2C1. The molecule has 31 heavy (non-hydrogen) atoms. The molecule has 0 radical (unpaired) electrons. The van der Waals surface area contributed by atoms with Gasteiger partial charge in [0.15, 0.2) is 0 Å². The van der Waals surface area contributed by atoms with Gasteiger partial charge in [-0.3, -0.25) is 4.79 Å². The van der Waals surface area contributed by atoms with Gasteiger partial charge in [-0.25, -0.2) is 4.98 Å². The van der Waals surface area contributed by atoms with Crippen molar-refractivity contribution in [2.24, 2.45) is 5.92 Å². The van der Waals surface area contributed by atoms with Crippen molar-refractivity contribution in [3.8, 4) is 11.3 Å². The van der Waals surface area contributed by atoms with Crippen molar-refractivity contribution in [2.45, 2.75) is 39.7 Å². The number of hydrogen-bond donors (Lipinski definition) is 1. The van der Waals surface area contributed by atoms with Gasteiger partial charge < -0.3 is 20.4 Å². The minimum Gasteiger partial charge on any atom is -0.368 e. The molecule has 2 N–H and O–H groups in total. The van der Waals surface area contributed by atoms with Crippen molar-refractivity contribution in [2.75, 3.05) is 50.4 Å². The molecule has 2 aliphatic heterocycles. The van der Waals surface area contributed by atoms with Crippen molar-refractivity contribution < 1.29 is 4.79 Å². The highest BCUT2D eigenvalue weighted by Crippen LogP contribution is 2.28. The number of rotatable bonds is 5. The first-order chi connectivity index (χ1) is 14.9. The molecule has 1 aromatic carbocycles. The summed E-state index contributed by atoms with van der Waals surface area (Å²) in [6.07, 6.45) is 2.56. The van der Waals surface area contributed by atoms with Gasteiger partial charge in [-0.2, -0.15) is 4.98 Å². The number of benzene rings is 1. The van der Waals surface area contributed by atoms with Crippen LogP contribution in [0.2, 0.25) is 0 Å². The van der Waals surface area contributed by atoms with Crippen LogP contribution in [0.3, 0.4) is 0 Å². The average molecular weight is 423 g/mol. The molecule has 1 amide bonds. The predicted octanol–water partition coefficient (Wildman–Crippen LogP) is 2.80. The number of anilines is 2. The van der Waals surface area contributed by atoms with Gasteiger partial charge in [0.2, 0.25) is 11.9 Å². The highest BCUT2D eigenvalue weighted by molar-refractivity contribution is 5.77. The Bertz CT molecular complexity index is 938. The number of nitrogens with two attached hydrogens (primary N) is 1. The van der Waals surface area contributed by atoms with Crippen molar-refractivity contribution in [3.63, 3.8) is 0 Å². The van der Waals surface area contributed by atoms with E-state index in [0.29, 0.717) is 24.8 Å². The Balaban J connectivity index is 1.55. The molecule has 0 aliphatic carbocycles. The maximum Gasteiger partial charge on any atom is 0.223 e. The molecular formula is C24H34N6O. The number of nitrogens with zero attached hydrogens (tertiary/aromatic N) is 5. The van der Waals surface area contributed by atoms with E-state index in [9.17, 15) is 4.79 Å². The molecule has 7 heteroatoms. The fourth-order valence-corrected chi connectivity index (χ4v) is 4.30. The van der Waals surface area contributed by atoms with E-state index in [1.165, 1.54) is 11.1 Å². The van der Waals surface area contributed by atoms with Gasteiger partial charge in [-0.1, -0.05) is 32.4 Å². The van der Waals surface area contributed by atoms with E-state index in [-0.39, 0.29) is 5.91 Å². The molecule has 7 nitrogen and oxygen atoms in total. The third kappa shape index (κ3) is 4.98. The quantitative estimate of drug-likeness (QED) is 0.798. The number of amides is 1. The van der Waals surface area contributed by atoms with Crippen LogP contribution in [0.15, 0.2) is 24.3 Å². The smallest absolute Gasteiger partial charge is 0.223 e. The monoisotopic (exact) mass is 422 g/mol. The Morgan fingerprint density at radius 2 is 1.87 bits per heavy atom. The molecule has 3 heterocycles. The minimum absolute atomic E-state index is 0.258. The van der Waals surface area contributed by atoms with Crippen LogP contribution in [0.25, 0.3) is 11.3 Å². The number of aromatic nitrogens is 2. The van der Waals surface area contributed by atoms with Gasteiger partial charge in [0.25, 0.3) is 0 Å². The second-order valence-electron chi connectivity index (χ2n) is 9.03. The molecule has 166 valence electrons.